The first-order valence-corrected chi connectivity index (χ1v) is 6.41. The summed E-state index contributed by atoms with van der Waals surface area (Å²) in [5, 5.41) is 2.99. The molecule has 6 heteroatoms. The molecule has 0 unspecified atom stereocenters. The van der Waals surface area contributed by atoms with Crippen molar-refractivity contribution in [2.75, 3.05) is 26.6 Å². The maximum atomic E-state index is 5.29. The Labute approximate surface area is 120 Å². The summed E-state index contributed by atoms with van der Waals surface area (Å²) in [6.45, 7) is 0. The first-order valence-electron chi connectivity index (χ1n) is 5.62. The molecule has 1 heterocycles. The number of ether oxygens (including phenoxy) is 2. The van der Waals surface area contributed by atoms with Gasteiger partial charge in [-0.3, -0.25) is 0 Å². The summed E-state index contributed by atoms with van der Waals surface area (Å²) in [6, 6.07) is 5.49. The fourth-order valence-corrected chi connectivity index (χ4v) is 2.15. The molecule has 0 radical (unpaired) electrons. The highest BCUT2D eigenvalue weighted by molar-refractivity contribution is 9.10. The summed E-state index contributed by atoms with van der Waals surface area (Å²) < 4.78 is 11.4. The van der Waals surface area contributed by atoms with Crippen molar-refractivity contribution in [2.45, 2.75) is 0 Å². The minimum Gasteiger partial charge on any atom is -0.493 e. The lowest BCUT2D eigenvalue weighted by atomic mass is 10.2. The molecular formula is C13H14BrN3O2. The van der Waals surface area contributed by atoms with Crippen molar-refractivity contribution < 1.29 is 9.47 Å². The molecule has 0 spiro atoms. The van der Waals surface area contributed by atoms with Gasteiger partial charge in [0.2, 0.25) is 0 Å². The lowest BCUT2D eigenvalue weighted by molar-refractivity contribution is 0.355. The lowest BCUT2D eigenvalue weighted by Crippen LogP contribution is -1.97. The molecule has 0 aliphatic heterocycles. The molecule has 0 amide bonds. The van der Waals surface area contributed by atoms with Gasteiger partial charge in [-0.25, -0.2) is 9.97 Å². The van der Waals surface area contributed by atoms with Crippen LogP contribution in [0.15, 0.2) is 28.9 Å². The van der Waals surface area contributed by atoms with Gasteiger partial charge in [0.25, 0.3) is 0 Å². The Morgan fingerprint density at radius 3 is 2.47 bits per heavy atom. The third-order valence-electron chi connectivity index (χ3n) is 2.63. The van der Waals surface area contributed by atoms with Gasteiger partial charge in [0.05, 0.1) is 14.2 Å². The van der Waals surface area contributed by atoms with Gasteiger partial charge >= 0.3 is 0 Å². The van der Waals surface area contributed by atoms with Crippen molar-refractivity contribution in [3.05, 3.63) is 28.9 Å². The normalized spacial score (nSPS) is 10.1. The van der Waals surface area contributed by atoms with Crippen LogP contribution < -0.4 is 14.8 Å². The maximum absolute atomic E-state index is 5.29. The zero-order valence-corrected chi connectivity index (χ0v) is 12.5. The van der Waals surface area contributed by atoms with Gasteiger partial charge in [-0.15, -0.1) is 0 Å². The van der Waals surface area contributed by atoms with E-state index in [-0.39, 0.29) is 0 Å². The van der Waals surface area contributed by atoms with Gasteiger partial charge in [0.15, 0.2) is 17.3 Å². The van der Waals surface area contributed by atoms with Crippen molar-refractivity contribution in [3.63, 3.8) is 0 Å². The highest BCUT2D eigenvalue weighted by Gasteiger charge is 2.13. The second-order valence-electron chi connectivity index (χ2n) is 3.70. The zero-order chi connectivity index (χ0) is 13.8. The number of nitrogens with one attached hydrogen (secondary N) is 1. The molecule has 0 aliphatic carbocycles. The van der Waals surface area contributed by atoms with Gasteiger partial charge in [-0.05, 0) is 34.1 Å². The number of methoxy groups -OCH3 is 2. The first-order chi connectivity index (χ1) is 9.19. The second kappa shape index (κ2) is 5.88. The van der Waals surface area contributed by atoms with E-state index < -0.39 is 0 Å². The number of hydrogen-bond acceptors (Lipinski definition) is 5. The van der Waals surface area contributed by atoms with Crippen LogP contribution in [0, 0.1) is 0 Å². The molecule has 0 fully saturated rings. The third-order valence-corrected chi connectivity index (χ3v) is 3.28. The molecule has 0 bridgehead atoms. The van der Waals surface area contributed by atoms with Crippen LogP contribution >= 0.6 is 15.9 Å². The van der Waals surface area contributed by atoms with Crippen molar-refractivity contribution in [1.82, 2.24) is 9.97 Å². The van der Waals surface area contributed by atoms with E-state index >= 15 is 0 Å². The summed E-state index contributed by atoms with van der Waals surface area (Å²) in [6.07, 6.45) is 1.71. The molecule has 0 saturated heterocycles. The largest absolute Gasteiger partial charge is 0.493 e. The second-order valence-corrected chi connectivity index (χ2v) is 4.56. The summed E-state index contributed by atoms with van der Waals surface area (Å²) >= 11 is 3.50. The van der Waals surface area contributed by atoms with Crippen LogP contribution in [0.5, 0.6) is 11.5 Å². The van der Waals surface area contributed by atoms with E-state index in [2.05, 4.69) is 31.2 Å². The standard InChI is InChI=1S/C13H14BrN3O2/c1-15-12-4-5-16-13(17-12)8-6-10(18-2)11(19-3)7-9(8)14/h4-7H,1-3H3,(H,15,16,17). The Bertz CT molecular complexity index is 590. The van der Waals surface area contributed by atoms with Gasteiger partial charge in [-0.2, -0.15) is 0 Å². The Hall–Kier alpha value is -1.82. The van der Waals surface area contributed by atoms with Crippen LogP contribution in [0.4, 0.5) is 5.82 Å². The summed E-state index contributed by atoms with van der Waals surface area (Å²) in [5.74, 6) is 2.66. The van der Waals surface area contributed by atoms with Gasteiger partial charge < -0.3 is 14.8 Å². The number of rotatable bonds is 4. The van der Waals surface area contributed by atoms with E-state index in [0.29, 0.717) is 17.3 Å². The molecule has 19 heavy (non-hydrogen) atoms. The van der Waals surface area contributed by atoms with E-state index in [0.717, 1.165) is 15.9 Å². The number of aromatic nitrogens is 2. The minimum absolute atomic E-state index is 0.611. The fourth-order valence-electron chi connectivity index (χ4n) is 1.65. The first kappa shape index (κ1) is 13.6. The van der Waals surface area contributed by atoms with Gasteiger partial charge in [-0.1, -0.05) is 0 Å². The van der Waals surface area contributed by atoms with Crippen LogP contribution in [0.3, 0.4) is 0 Å². The Morgan fingerprint density at radius 2 is 1.84 bits per heavy atom. The van der Waals surface area contributed by atoms with E-state index in [4.69, 9.17) is 9.47 Å². The van der Waals surface area contributed by atoms with E-state index in [1.54, 1.807) is 26.5 Å². The quantitative estimate of drug-likeness (QED) is 0.937. The molecule has 1 aromatic heterocycles. The molecule has 0 aliphatic rings. The van der Waals surface area contributed by atoms with E-state index in [1.807, 2.05) is 19.2 Å². The number of anilines is 1. The summed E-state index contributed by atoms with van der Waals surface area (Å²) in [7, 11) is 5.01. The van der Waals surface area contributed by atoms with Crippen molar-refractivity contribution in [3.8, 4) is 22.9 Å². The average molecular weight is 324 g/mol. The monoisotopic (exact) mass is 323 g/mol. The molecule has 5 nitrogen and oxygen atoms in total. The zero-order valence-electron chi connectivity index (χ0n) is 10.9. The molecule has 0 saturated carbocycles. The maximum Gasteiger partial charge on any atom is 0.162 e. The summed E-state index contributed by atoms with van der Waals surface area (Å²) in [4.78, 5) is 8.68. The predicted molar refractivity (Wildman–Crippen MR) is 77.8 cm³/mol. The molecule has 1 N–H and O–H groups in total. The third kappa shape index (κ3) is 2.78. The smallest absolute Gasteiger partial charge is 0.162 e. The molecule has 2 rings (SSSR count). The highest BCUT2D eigenvalue weighted by Crippen LogP contribution is 2.37. The van der Waals surface area contributed by atoms with Gasteiger partial charge in [0.1, 0.15) is 5.82 Å². The fraction of sp³-hybridized carbons (Fsp3) is 0.231. The Balaban J connectivity index is 2.55. The minimum atomic E-state index is 0.611. The molecule has 100 valence electrons. The predicted octanol–water partition coefficient (Wildman–Crippen LogP) is 2.97. The molecule has 0 atom stereocenters. The van der Waals surface area contributed by atoms with Crippen molar-refractivity contribution in [1.29, 1.82) is 0 Å². The SMILES string of the molecule is CNc1ccnc(-c2cc(OC)c(OC)cc2Br)n1. The molecule has 2 aromatic rings. The van der Waals surface area contributed by atoms with Crippen LogP contribution in [-0.4, -0.2) is 31.2 Å². The highest BCUT2D eigenvalue weighted by atomic mass is 79.9. The Morgan fingerprint density at radius 1 is 1.16 bits per heavy atom. The van der Waals surface area contributed by atoms with Crippen LogP contribution in [-0.2, 0) is 0 Å². The topological polar surface area (TPSA) is 56.3 Å². The van der Waals surface area contributed by atoms with E-state index in [9.17, 15) is 0 Å². The number of nitrogens with zero attached hydrogens (tertiary/aromatic N) is 2. The van der Waals surface area contributed by atoms with Crippen LogP contribution in [0.25, 0.3) is 11.4 Å². The molecular weight excluding hydrogens is 310 g/mol. The van der Waals surface area contributed by atoms with Crippen molar-refractivity contribution in [2.24, 2.45) is 0 Å². The number of halogens is 1. The lowest BCUT2D eigenvalue weighted by Gasteiger charge is -2.11. The number of benzene rings is 1. The average Bonchev–Trinajstić information content (AvgIpc) is 2.46. The van der Waals surface area contributed by atoms with Crippen molar-refractivity contribution >= 4 is 21.7 Å². The molecule has 1 aromatic carbocycles. The number of hydrogen-bond donors (Lipinski definition) is 1. The van der Waals surface area contributed by atoms with E-state index in [1.165, 1.54) is 0 Å². The van der Waals surface area contributed by atoms with Crippen LogP contribution in [0.1, 0.15) is 0 Å². The summed E-state index contributed by atoms with van der Waals surface area (Å²) in [5.41, 5.74) is 0.842. The Kier molecular flexibility index (Phi) is 4.21. The van der Waals surface area contributed by atoms with Gasteiger partial charge in [0, 0.05) is 23.3 Å². The van der Waals surface area contributed by atoms with Crippen LogP contribution in [0.2, 0.25) is 0 Å².